The van der Waals surface area contributed by atoms with E-state index in [1.807, 2.05) is 6.20 Å². The van der Waals surface area contributed by atoms with Crippen LogP contribution in [0.15, 0.2) is 48.7 Å². The molecule has 1 fully saturated rings. The second-order valence-electron chi connectivity index (χ2n) is 6.85. The summed E-state index contributed by atoms with van der Waals surface area (Å²) >= 11 is 7.19. The number of piperidine rings is 1. The van der Waals surface area contributed by atoms with Gasteiger partial charge in [-0.2, -0.15) is 13.2 Å². The van der Waals surface area contributed by atoms with Crippen LogP contribution >= 0.6 is 22.9 Å². The van der Waals surface area contributed by atoms with E-state index < -0.39 is 12.1 Å². The van der Waals surface area contributed by atoms with E-state index in [9.17, 15) is 18.0 Å². The molecule has 0 amide bonds. The second kappa shape index (κ2) is 11.3. The molecular weight excluding hydrogens is 453 g/mol. The number of thiophene rings is 1. The van der Waals surface area contributed by atoms with Crippen LogP contribution in [0.3, 0.4) is 0 Å². The first-order valence-corrected chi connectivity index (χ1v) is 10.6. The SMILES string of the molecule is NCc1cccc(C2CCN(/C=C/C(=O)c3ccc(Cl)s3)CC2)c1.O=C(O)C(F)(F)F. The first kappa shape index (κ1) is 24.9. The zero-order valence-electron chi connectivity index (χ0n) is 16.4. The van der Waals surface area contributed by atoms with Crippen LogP contribution in [0, 0.1) is 0 Å². The fraction of sp³-hybridized carbons (Fsp3) is 0.333. The number of carboxylic acids is 1. The van der Waals surface area contributed by atoms with E-state index in [4.69, 9.17) is 27.2 Å². The smallest absolute Gasteiger partial charge is 0.475 e. The molecule has 5 nitrogen and oxygen atoms in total. The number of allylic oxidation sites excluding steroid dienone is 1. The highest BCUT2D eigenvalue weighted by Gasteiger charge is 2.38. The summed E-state index contributed by atoms with van der Waals surface area (Å²) in [5.41, 5.74) is 8.30. The number of hydrogen-bond donors (Lipinski definition) is 2. The first-order valence-electron chi connectivity index (χ1n) is 9.41. The summed E-state index contributed by atoms with van der Waals surface area (Å²) in [6.45, 7) is 2.52. The van der Waals surface area contributed by atoms with E-state index >= 15 is 0 Å². The molecule has 0 bridgehead atoms. The number of halogens is 4. The van der Waals surface area contributed by atoms with E-state index in [0.29, 0.717) is 21.7 Å². The summed E-state index contributed by atoms with van der Waals surface area (Å²) in [5, 5.41) is 7.12. The van der Waals surface area contributed by atoms with Crippen LogP contribution in [-0.4, -0.2) is 41.0 Å². The minimum absolute atomic E-state index is 0.0182. The Morgan fingerprint density at radius 3 is 2.39 bits per heavy atom. The number of ketones is 1. The van der Waals surface area contributed by atoms with E-state index in [0.717, 1.165) is 25.9 Å². The van der Waals surface area contributed by atoms with Crippen molar-refractivity contribution in [1.29, 1.82) is 0 Å². The standard InChI is InChI=1S/C19H21ClN2OS.C2HF3O2/c20-19-5-4-18(24-19)17(23)8-11-22-9-6-15(7-10-22)16-3-1-2-14(12-16)13-21;3-2(4,5)1(6)7/h1-5,8,11-12,15H,6-7,9-10,13,21H2;(H,6,7)/b11-8+;. The van der Waals surface area contributed by atoms with E-state index in [2.05, 4.69) is 29.2 Å². The predicted molar refractivity (Wildman–Crippen MR) is 114 cm³/mol. The lowest BCUT2D eigenvalue weighted by Gasteiger charge is -2.31. The van der Waals surface area contributed by atoms with Crippen LogP contribution in [0.2, 0.25) is 4.34 Å². The Kier molecular flexibility index (Phi) is 9.09. The third kappa shape index (κ3) is 8.01. The molecule has 1 aromatic heterocycles. The molecule has 1 aliphatic heterocycles. The summed E-state index contributed by atoms with van der Waals surface area (Å²) in [7, 11) is 0. The number of hydrogen-bond acceptors (Lipinski definition) is 5. The monoisotopic (exact) mass is 474 g/mol. The Morgan fingerprint density at radius 1 is 1.23 bits per heavy atom. The van der Waals surface area contributed by atoms with Gasteiger partial charge in [0.1, 0.15) is 0 Å². The van der Waals surface area contributed by atoms with Gasteiger partial charge in [-0.3, -0.25) is 4.79 Å². The molecule has 31 heavy (non-hydrogen) atoms. The van der Waals surface area contributed by atoms with Crippen molar-refractivity contribution in [3.8, 4) is 0 Å². The molecular formula is C21H22ClF3N2O3S. The largest absolute Gasteiger partial charge is 0.490 e. The number of rotatable bonds is 5. The van der Waals surface area contributed by atoms with E-state index in [1.54, 1.807) is 18.2 Å². The summed E-state index contributed by atoms with van der Waals surface area (Å²) in [6, 6.07) is 12.1. The van der Waals surface area contributed by atoms with Crippen LogP contribution in [-0.2, 0) is 11.3 Å². The number of aliphatic carboxylic acids is 1. The molecule has 0 spiro atoms. The maximum Gasteiger partial charge on any atom is 0.490 e. The van der Waals surface area contributed by atoms with Gasteiger partial charge >= 0.3 is 12.1 Å². The van der Waals surface area contributed by atoms with Crippen molar-refractivity contribution in [1.82, 2.24) is 4.90 Å². The lowest BCUT2D eigenvalue weighted by Crippen LogP contribution is -2.28. The lowest BCUT2D eigenvalue weighted by atomic mass is 9.89. The van der Waals surface area contributed by atoms with Gasteiger partial charge in [0.05, 0.1) is 9.21 Å². The number of carboxylic acid groups (broad SMARTS) is 1. The first-order chi connectivity index (χ1) is 14.6. The molecule has 10 heteroatoms. The van der Waals surface area contributed by atoms with Crippen molar-refractivity contribution in [3.05, 3.63) is 69.0 Å². The van der Waals surface area contributed by atoms with Gasteiger partial charge in [-0.25, -0.2) is 4.79 Å². The summed E-state index contributed by atoms with van der Waals surface area (Å²) < 4.78 is 32.4. The molecule has 0 saturated carbocycles. The van der Waals surface area contributed by atoms with Gasteiger partial charge in [0.15, 0.2) is 5.78 Å². The molecule has 0 radical (unpaired) electrons. The van der Waals surface area contributed by atoms with Crippen LogP contribution in [0.5, 0.6) is 0 Å². The predicted octanol–water partition coefficient (Wildman–Crippen LogP) is 5.07. The molecule has 1 saturated heterocycles. The fourth-order valence-corrected chi connectivity index (χ4v) is 4.02. The zero-order chi connectivity index (χ0) is 23.0. The number of benzene rings is 1. The minimum atomic E-state index is -5.08. The third-order valence-electron chi connectivity index (χ3n) is 4.68. The molecule has 0 aliphatic carbocycles. The minimum Gasteiger partial charge on any atom is -0.475 e. The highest BCUT2D eigenvalue weighted by Crippen LogP contribution is 2.29. The van der Waals surface area contributed by atoms with Gasteiger partial charge in [-0.15, -0.1) is 11.3 Å². The summed E-state index contributed by atoms with van der Waals surface area (Å²) in [5.74, 6) is -2.16. The molecule has 0 unspecified atom stereocenters. The topological polar surface area (TPSA) is 83.6 Å². The number of nitrogens with zero attached hydrogens (tertiary/aromatic N) is 1. The summed E-state index contributed by atoms with van der Waals surface area (Å²) in [4.78, 5) is 23.9. The van der Waals surface area contributed by atoms with Crippen molar-refractivity contribution in [2.24, 2.45) is 5.73 Å². The Balaban J connectivity index is 0.000000423. The van der Waals surface area contributed by atoms with Gasteiger partial charge in [0.25, 0.3) is 0 Å². The van der Waals surface area contributed by atoms with Gasteiger partial charge in [0, 0.05) is 31.9 Å². The van der Waals surface area contributed by atoms with Gasteiger partial charge in [-0.1, -0.05) is 35.9 Å². The molecule has 168 valence electrons. The number of alkyl halides is 3. The molecule has 0 atom stereocenters. The van der Waals surface area contributed by atoms with E-state index in [-0.39, 0.29) is 5.78 Å². The van der Waals surface area contributed by atoms with Crippen molar-refractivity contribution < 1.29 is 27.9 Å². The number of nitrogens with two attached hydrogens (primary N) is 1. The normalized spacial score (nSPS) is 14.9. The molecule has 3 N–H and O–H groups in total. The molecule has 2 heterocycles. The quantitative estimate of drug-likeness (QED) is 0.467. The molecule has 2 aromatic rings. The van der Waals surface area contributed by atoms with Crippen LogP contribution in [0.1, 0.15) is 39.6 Å². The fourth-order valence-electron chi connectivity index (χ4n) is 3.06. The third-order valence-corrected chi connectivity index (χ3v) is 5.93. The molecule has 1 aromatic carbocycles. The van der Waals surface area contributed by atoms with Gasteiger partial charge in [0.2, 0.25) is 0 Å². The van der Waals surface area contributed by atoms with Crippen LogP contribution < -0.4 is 5.73 Å². The average molecular weight is 475 g/mol. The van der Waals surface area contributed by atoms with Gasteiger partial charge < -0.3 is 15.7 Å². The second-order valence-corrected chi connectivity index (χ2v) is 8.56. The number of likely N-dealkylation sites (tertiary alicyclic amines) is 1. The highest BCUT2D eigenvalue weighted by molar-refractivity contribution is 7.18. The molecule has 1 aliphatic rings. The van der Waals surface area contributed by atoms with Crippen molar-refractivity contribution >= 4 is 34.7 Å². The average Bonchev–Trinajstić information content (AvgIpc) is 3.18. The lowest BCUT2D eigenvalue weighted by molar-refractivity contribution is -0.192. The maximum atomic E-state index is 12.1. The van der Waals surface area contributed by atoms with Crippen LogP contribution in [0.4, 0.5) is 13.2 Å². The molecule has 3 rings (SSSR count). The van der Waals surface area contributed by atoms with Crippen LogP contribution in [0.25, 0.3) is 0 Å². The van der Waals surface area contributed by atoms with Crippen molar-refractivity contribution in [2.75, 3.05) is 13.1 Å². The Hall–Kier alpha value is -2.36. The zero-order valence-corrected chi connectivity index (χ0v) is 18.0. The Labute approximate surface area is 186 Å². The highest BCUT2D eigenvalue weighted by atomic mass is 35.5. The van der Waals surface area contributed by atoms with Crippen molar-refractivity contribution in [2.45, 2.75) is 31.5 Å². The number of carbonyl (C=O) groups is 2. The Morgan fingerprint density at radius 2 is 1.87 bits per heavy atom. The summed E-state index contributed by atoms with van der Waals surface area (Å²) in [6.07, 6.45) is 0.675. The number of carbonyl (C=O) groups excluding carboxylic acids is 1. The van der Waals surface area contributed by atoms with E-state index in [1.165, 1.54) is 22.5 Å². The Bertz CT molecular complexity index is 923. The van der Waals surface area contributed by atoms with Gasteiger partial charge in [-0.05, 0) is 42.0 Å². The maximum absolute atomic E-state index is 12.1. The van der Waals surface area contributed by atoms with Crippen molar-refractivity contribution in [3.63, 3.8) is 0 Å².